The Kier molecular flexibility index (Phi) is 2.15. The molecular formula is C10H7N3O. The number of aromatic nitrogens is 2. The quantitative estimate of drug-likeness (QED) is 0.731. The van der Waals surface area contributed by atoms with E-state index in [1.165, 1.54) is 0 Å². The summed E-state index contributed by atoms with van der Waals surface area (Å²) in [6.07, 6.45) is 3.13. The first-order valence-corrected chi connectivity index (χ1v) is 4.02. The second-order valence-corrected chi connectivity index (χ2v) is 2.62. The second kappa shape index (κ2) is 3.62. The molecule has 0 aliphatic carbocycles. The summed E-state index contributed by atoms with van der Waals surface area (Å²) >= 11 is 0. The van der Waals surface area contributed by atoms with Crippen LogP contribution in [-0.2, 0) is 0 Å². The molecule has 2 aromatic rings. The van der Waals surface area contributed by atoms with E-state index in [-0.39, 0.29) is 0 Å². The van der Waals surface area contributed by atoms with Crippen molar-refractivity contribution in [1.29, 1.82) is 0 Å². The van der Waals surface area contributed by atoms with E-state index in [4.69, 9.17) is 11.3 Å². The maximum Gasteiger partial charge on any atom is 0.217 e. The molecular weight excluding hydrogens is 178 g/mol. The average Bonchev–Trinajstić information content (AvgIpc) is 2.72. The molecule has 1 aromatic heterocycles. The number of imidazole rings is 1. The molecule has 0 saturated heterocycles. The van der Waals surface area contributed by atoms with Crippen molar-refractivity contribution in [3.05, 3.63) is 48.2 Å². The molecule has 0 spiro atoms. The van der Waals surface area contributed by atoms with Crippen LogP contribution in [0.2, 0.25) is 0 Å². The lowest BCUT2D eigenvalue weighted by Gasteiger charge is -2.01. The minimum absolute atomic E-state index is 0.584. The number of nitrogens with zero attached hydrogens (tertiary/aromatic N) is 2. The molecule has 0 amide bonds. The monoisotopic (exact) mass is 185 g/mol. The largest absolute Gasteiger partial charge is 0.439 e. The highest BCUT2D eigenvalue weighted by Gasteiger charge is 1.97. The SMILES string of the molecule is [C-]#[N+]c1ccc(Oc2cnc[nH]2)cc1. The third-order valence-electron chi connectivity index (χ3n) is 1.67. The summed E-state index contributed by atoms with van der Waals surface area (Å²) in [5, 5.41) is 0. The highest BCUT2D eigenvalue weighted by atomic mass is 16.5. The van der Waals surface area contributed by atoms with Crippen molar-refractivity contribution < 1.29 is 4.74 Å². The van der Waals surface area contributed by atoms with Crippen molar-refractivity contribution in [2.45, 2.75) is 0 Å². The van der Waals surface area contributed by atoms with Crippen LogP contribution in [0.1, 0.15) is 0 Å². The van der Waals surface area contributed by atoms with E-state index in [2.05, 4.69) is 14.8 Å². The van der Waals surface area contributed by atoms with Crippen LogP contribution in [0.5, 0.6) is 11.6 Å². The van der Waals surface area contributed by atoms with E-state index in [1.54, 1.807) is 36.8 Å². The number of hydrogen-bond donors (Lipinski definition) is 1. The molecule has 0 atom stereocenters. The van der Waals surface area contributed by atoms with E-state index in [0.717, 1.165) is 0 Å². The van der Waals surface area contributed by atoms with Gasteiger partial charge >= 0.3 is 0 Å². The average molecular weight is 185 g/mol. The third-order valence-corrected chi connectivity index (χ3v) is 1.67. The summed E-state index contributed by atoms with van der Waals surface area (Å²) < 4.78 is 5.40. The van der Waals surface area contributed by atoms with Crippen molar-refractivity contribution in [2.24, 2.45) is 0 Å². The standard InChI is InChI=1S/C10H7N3O/c1-11-8-2-4-9(5-3-8)14-10-6-12-7-13-10/h2-7H,(H,12,13). The van der Waals surface area contributed by atoms with Crippen LogP contribution in [-0.4, -0.2) is 9.97 Å². The fourth-order valence-electron chi connectivity index (χ4n) is 1.01. The number of rotatable bonds is 2. The van der Waals surface area contributed by atoms with Crippen LogP contribution in [0.25, 0.3) is 4.85 Å². The number of hydrogen-bond acceptors (Lipinski definition) is 2. The Morgan fingerprint density at radius 2 is 2.07 bits per heavy atom. The van der Waals surface area contributed by atoms with E-state index >= 15 is 0 Å². The smallest absolute Gasteiger partial charge is 0.217 e. The lowest BCUT2D eigenvalue weighted by Crippen LogP contribution is -1.82. The van der Waals surface area contributed by atoms with Gasteiger partial charge in [0.1, 0.15) is 5.75 Å². The molecule has 4 nitrogen and oxygen atoms in total. The van der Waals surface area contributed by atoms with Crippen molar-refractivity contribution >= 4 is 5.69 Å². The van der Waals surface area contributed by atoms with Crippen molar-refractivity contribution in [2.75, 3.05) is 0 Å². The molecule has 0 unspecified atom stereocenters. The summed E-state index contributed by atoms with van der Waals surface area (Å²) in [6.45, 7) is 6.78. The number of aromatic amines is 1. The molecule has 1 aromatic carbocycles. The summed E-state index contributed by atoms with van der Waals surface area (Å²) in [6, 6.07) is 6.90. The van der Waals surface area contributed by atoms with Gasteiger partial charge in [-0.25, -0.2) is 9.83 Å². The lowest BCUT2D eigenvalue weighted by atomic mass is 10.3. The van der Waals surface area contributed by atoms with E-state index in [1.807, 2.05) is 0 Å². The van der Waals surface area contributed by atoms with Gasteiger partial charge < -0.3 is 9.72 Å². The summed E-state index contributed by atoms with van der Waals surface area (Å²) in [5.74, 6) is 1.27. The van der Waals surface area contributed by atoms with Crippen molar-refractivity contribution in [3.8, 4) is 11.6 Å². The zero-order valence-corrected chi connectivity index (χ0v) is 7.27. The Bertz CT molecular complexity index is 439. The van der Waals surface area contributed by atoms with Crippen molar-refractivity contribution in [3.63, 3.8) is 0 Å². The molecule has 1 heterocycles. The molecule has 14 heavy (non-hydrogen) atoms. The fourth-order valence-corrected chi connectivity index (χ4v) is 1.01. The number of nitrogens with one attached hydrogen (secondary N) is 1. The molecule has 0 radical (unpaired) electrons. The zero-order valence-electron chi connectivity index (χ0n) is 7.27. The van der Waals surface area contributed by atoms with Crippen LogP contribution in [0.3, 0.4) is 0 Å². The van der Waals surface area contributed by atoms with Gasteiger partial charge in [0.2, 0.25) is 5.88 Å². The highest BCUT2D eigenvalue weighted by Crippen LogP contribution is 2.21. The maximum atomic E-state index is 6.78. The molecule has 0 aliphatic heterocycles. The van der Waals surface area contributed by atoms with Gasteiger partial charge in [-0.3, -0.25) is 0 Å². The molecule has 0 aliphatic rings. The minimum Gasteiger partial charge on any atom is -0.439 e. The molecule has 2 rings (SSSR count). The molecule has 0 bridgehead atoms. The number of benzene rings is 1. The highest BCUT2D eigenvalue weighted by molar-refractivity contribution is 5.47. The van der Waals surface area contributed by atoms with Gasteiger partial charge in [-0.15, -0.1) is 0 Å². The van der Waals surface area contributed by atoms with Crippen LogP contribution in [0.4, 0.5) is 5.69 Å². The Morgan fingerprint density at radius 1 is 1.29 bits per heavy atom. The molecule has 1 N–H and O–H groups in total. The van der Waals surface area contributed by atoms with Gasteiger partial charge in [0.25, 0.3) is 0 Å². The van der Waals surface area contributed by atoms with Crippen LogP contribution in [0, 0.1) is 6.57 Å². The Balaban J connectivity index is 2.15. The topological polar surface area (TPSA) is 42.3 Å². The Hall–Kier alpha value is -2.28. The lowest BCUT2D eigenvalue weighted by molar-refractivity contribution is 0.466. The third kappa shape index (κ3) is 1.72. The summed E-state index contributed by atoms with van der Waals surface area (Å²) in [5.41, 5.74) is 0.599. The van der Waals surface area contributed by atoms with Crippen molar-refractivity contribution in [1.82, 2.24) is 9.97 Å². The van der Waals surface area contributed by atoms with E-state index < -0.39 is 0 Å². The Morgan fingerprint density at radius 3 is 2.64 bits per heavy atom. The number of ether oxygens (including phenoxy) is 1. The Labute approximate surface area is 81.0 Å². The van der Waals surface area contributed by atoms with Gasteiger partial charge in [-0.2, -0.15) is 0 Å². The zero-order chi connectivity index (χ0) is 9.80. The fraction of sp³-hybridized carbons (Fsp3) is 0. The molecule has 4 heteroatoms. The van der Waals surface area contributed by atoms with E-state index in [0.29, 0.717) is 17.3 Å². The molecule has 0 fully saturated rings. The van der Waals surface area contributed by atoms with Gasteiger partial charge in [0, 0.05) is 0 Å². The first-order valence-electron chi connectivity index (χ1n) is 4.02. The summed E-state index contributed by atoms with van der Waals surface area (Å²) in [4.78, 5) is 9.93. The van der Waals surface area contributed by atoms with Crippen LogP contribution >= 0.6 is 0 Å². The van der Waals surface area contributed by atoms with Gasteiger partial charge in [-0.05, 0) is 12.1 Å². The number of H-pyrrole nitrogens is 1. The normalized spacial score (nSPS) is 9.36. The van der Waals surface area contributed by atoms with Gasteiger partial charge in [0.15, 0.2) is 5.69 Å². The first kappa shape index (κ1) is 8.32. The second-order valence-electron chi connectivity index (χ2n) is 2.62. The predicted octanol–water partition coefficient (Wildman–Crippen LogP) is 2.75. The first-order chi connectivity index (χ1) is 6.88. The maximum absolute atomic E-state index is 6.78. The van der Waals surface area contributed by atoms with E-state index in [9.17, 15) is 0 Å². The molecule has 0 saturated carbocycles. The van der Waals surface area contributed by atoms with Gasteiger partial charge in [0.05, 0.1) is 19.1 Å². The molecule has 68 valence electrons. The summed E-state index contributed by atoms with van der Waals surface area (Å²) in [7, 11) is 0. The van der Waals surface area contributed by atoms with Gasteiger partial charge in [-0.1, -0.05) is 12.1 Å². The van der Waals surface area contributed by atoms with Crippen LogP contribution < -0.4 is 4.74 Å². The van der Waals surface area contributed by atoms with Crippen LogP contribution in [0.15, 0.2) is 36.8 Å². The minimum atomic E-state index is 0.584. The predicted molar refractivity (Wildman–Crippen MR) is 51.4 cm³/mol.